The Hall–Kier alpha value is 0.270. The number of nitrogens with zero attached hydrogens (tertiary/aromatic N) is 1. The highest BCUT2D eigenvalue weighted by molar-refractivity contribution is 7.99. The fourth-order valence-electron chi connectivity index (χ4n) is 2.54. The van der Waals surface area contributed by atoms with E-state index in [1.165, 1.54) is 37.4 Å². The first-order valence-electron chi connectivity index (χ1n) is 5.67. The molecule has 2 nitrogen and oxygen atoms in total. The summed E-state index contributed by atoms with van der Waals surface area (Å²) in [6, 6.07) is 1.24. The summed E-state index contributed by atoms with van der Waals surface area (Å²) >= 11 is 2.10. The first-order valence-corrected chi connectivity index (χ1v) is 6.82. The number of nitrogens with two attached hydrogens (primary N) is 1. The smallest absolute Gasteiger partial charge is 0.0194 e. The first-order chi connectivity index (χ1) is 6.59. The summed E-state index contributed by atoms with van der Waals surface area (Å²) in [5, 5.41) is 0. The van der Waals surface area contributed by atoms with Gasteiger partial charge in [0.15, 0.2) is 0 Å². The Kier molecular flexibility index (Phi) is 3.10. The molecule has 2 rings (SSSR count). The summed E-state index contributed by atoms with van der Waals surface area (Å²) in [6.45, 7) is 7.03. The molecule has 2 saturated heterocycles. The summed E-state index contributed by atoms with van der Waals surface area (Å²) in [5.74, 6) is 2.69. The van der Waals surface area contributed by atoms with Gasteiger partial charge in [0, 0.05) is 24.4 Å². The van der Waals surface area contributed by atoms with Gasteiger partial charge in [0.05, 0.1) is 0 Å². The molecule has 2 aliphatic heterocycles. The molecular formula is C11H22N2S. The van der Waals surface area contributed by atoms with Crippen molar-refractivity contribution in [1.29, 1.82) is 0 Å². The molecule has 0 amide bonds. The molecule has 0 aromatic carbocycles. The number of rotatable bonds is 1. The molecule has 14 heavy (non-hydrogen) atoms. The van der Waals surface area contributed by atoms with Crippen LogP contribution < -0.4 is 5.73 Å². The summed E-state index contributed by atoms with van der Waals surface area (Å²) in [6.07, 6.45) is 2.56. The Morgan fingerprint density at radius 3 is 2.71 bits per heavy atom. The Balaban J connectivity index is 1.95. The molecule has 82 valence electrons. The fourth-order valence-corrected chi connectivity index (χ4v) is 3.79. The van der Waals surface area contributed by atoms with Crippen LogP contribution in [0.15, 0.2) is 0 Å². The summed E-state index contributed by atoms with van der Waals surface area (Å²) < 4.78 is 0. The van der Waals surface area contributed by atoms with Crippen LogP contribution in [0.25, 0.3) is 0 Å². The predicted octanol–water partition coefficient (Wildman–Crippen LogP) is 1.55. The van der Waals surface area contributed by atoms with Crippen molar-refractivity contribution in [3.8, 4) is 0 Å². The predicted molar refractivity (Wildman–Crippen MR) is 63.7 cm³/mol. The van der Waals surface area contributed by atoms with Crippen molar-refractivity contribution in [2.45, 2.75) is 38.8 Å². The van der Waals surface area contributed by atoms with E-state index in [0.717, 1.165) is 6.04 Å². The van der Waals surface area contributed by atoms with Crippen molar-refractivity contribution < 1.29 is 0 Å². The van der Waals surface area contributed by atoms with Crippen LogP contribution in [-0.4, -0.2) is 41.6 Å². The molecule has 0 aliphatic carbocycles. The van der Waals surface area contributed by atoms with Crippen LogP contribution in [0.1, 0.15) is 26.7 Å². The van der Waals surface area contributed by atoms with Crippen LogP contribution in [0.2, 0.25) is 0 Å². The molecule has 2 fully saturated rings. The van der Waals surface area contributed by atoms with Crippen molar-refractivity contribution in [2.75, 3.05) is 24.6 Å². The maximum absolute atomic E-state index is 6.14. The number of hydrogen-bond acceptors (Lipinski definition) is 3. The van der Waals surface area contributed by atoms with E-state index in [9.17, 15) is 0 Å². The Labute approximate surface area is 91.6 Å². The second-order valence-electron chi connectivity index (χ2n) is 5.37. The monoisotopic (exact) mass is 214 g/mol. The van der Waals surface area contributed by atoms with Gasteiger partial charge in [0.2, 0.25) is 0 Å². The molecule has 0 bridgehead atoms. The van der Waals surface area contributed by atoms with E-state index in [2.05, 4.69) is 30.5 Å². The third-order valence-corrected chi connectivity index (χ3v) is 4.91. The average Bonchev–Trinajstić information content (AvgIpc) is 2.62. The number of thioether (sulfide) groups is 1. The molecule has 2 N–H and O–H groups in total. The second-order valence-corrected chi connectivity index (χ2v) is 6.52. The van der Waals surface area contributed by atoms with Crippen LogP contribution in [0.4, 0.5) is 0 Å². The van der Waals surface area contributed by atoms with Gasteiger partial charge < -0.3 is 5.73 Å². The first kappa shape index (κ1) is 10.8. The Bertz CT molecular complexity index is 199. The van der Waals surface area contributed by atoms with Crippen molar-refractivity contribution in [1.82, 2.24) is 4.90 Å². The highest BCUT2D eigenvalue weighted by Crippen LogP contribution is 2.32. The van der Waals surface area contributed by atoms with Gasteiger partial charge in [-0.05, 0) is 30.6 Å². The van der Waals surface area contributed by atoms with E-state index in [1.807, 2.05) is 0 Å². The lowest BCUT2D eigenvalue weighted by atomic mass is 9.79. The van der Waals surface area contributed by atoms with Gasteiger partial charge in [0.1, 0.15) is 0 Å². The SMILES string of the molecule is CC1(C)CN(C2CCSC2)CCC1N. The number of hydrogen-bond donors (Lipinski definition) is 1. The van der Waals surface area contributed by atoms with E-state index in [0.29, 0.717) is 11.5 Å². The average molecular weight is 214 g/mol. The molecule has 3 heteroatoms. The molecule has 2 heterocycles. The largest absolute Gasteiger partial charge is 0.327 e. The minimum atomic E-state index is 0.311. The van der Waals surface area contributed by atoms with Crippen molar-refractivity contribution in [3.63, 3.8) is 0 Å². The molecule has 2 atom stereocenters. The van der Waals surface area contributed by atoms with Gasteiger partial charge in [-0.1, -0.05) is 13.8 Å². The lowest BCUT2D eigenvalue weighted by Crippen LogP contribution is -2.55. The zero-order valence-electron chi connectivity index (χ0n) is 9.33. The minimum absolute atomic E-state index is 0.311. The highest BCUT2D eigenvalue weighted by atomic mass is 32.2. The summed E-state index contributed by atoms with van der Waals surface area (Å²) in [7, 11) is 0. The van der Waals surface area contributed by atoms with Crippen LogP contribution in [0.3, 0.4) is 0 Å². The van der Waals surface area contributed by atoms with Crippen LogP contribution in [-0.2, 0) is 0 Å². The van der Waals surface area contributed by atoms with Gasteiger partial charge in [-0.15, -0.1) is 0 Å². The van der Waals surface area contributed by atoms with E-state index < -0.39 is 0 Å². The number of piperidine rings is 1. The zero-order valence-corrected chi connectivity index (χ0v) is 10.1. The zero-order chi connectivity index (χ0) is 10.2. The second kappa shape index (κ2) is 4.03. The van der Waals surface area contributed by atoms with Gasteiger partial charge >= 0.3 is 0 Å². The van der Waals surface area contributed by atoms with E-state index >= 15 is 0 Å². The van der Waals surface area contributed by atoms with Crippen LogP contribution in [0, 0.1) is 5.41 Å². The molecule has 0 radical (unpaired) electrons. The molecule has 2 aliphatic rings. The third-order valence-electron chi connectivity index (χ3n) is 3.76. The van der Waals surface area contributed by atoms with E-state index in [1.54, 1.807) is 0 Å². The van der Waals surface area contributed by atoms with E-state index in [4.69, 9.17) is 5.73 Å². The van der Waals surface area contributed by atoms with Gasteiger partial charge in [-0.3, -0.25) is 4.90 Å². The molecule has 0 aromatic heterocycles. The third kappa shape index (κ3) is 2.10. The topological polar surface area (TPSA) is 29.3 Å². The van der Waals surface area contributed by atoms with E-state index in [-0.39, 0.29) is 0 Å². The molecule has 2 unspecified atom stereocenters. The summed E-state index contributed by atoms with van der Waals surface area (Å²) in [4.78, 5) is 2.67. The minimum Gasteiger partial charge on any atom is -0.327 e. The normalized spacial score (nSPS) is 38.8. The fraction of sp³-hybridized carbons (Fsp3) is 1.00. The quantitative estimate of drug-likeness (QED) is 0.718. The Morgan fingerprint density at radius 1 is 1.36 bits per heavy atom. The molecule has 0 aromatic rings. The summed E-state index contributed by atoms with van der Waals surface area (Å²) in [5.41, 5.74) is 6.45. The van der Waals surface area contributed by atoms with Crippen molar-refractivity contribution >= 4 is 11.8 Å². The maximum Gasteiger partial charge on any atom is 0.0194 e. The number of likely N-dealkylation sites (tertiary alicyclic amines) is 1. The van der Waals surface area contributed by atoms with Gasteiger partial charge in [-0.2, -0.15) is 11.8 Å². The highest BCUT2D eigenvalue weighted by Gasteiger charge is 2.36. The molecule has 0 saturated carbocycles. The lowest BCUT2D eigenvalue weighted by Gasteiger charge is -2.44. The van der Waals surface area contributed by atoms with Gasteiger partial charge in [0.25, 0.3) is 0 Å². The lowest BCUT2D eigenvalue weighted by molar-refractivity contribution is 0.0690. The van der Waals surface area contributed by atoms with Crippen LogP contribution in [0.5, 0.6) is 0 Å². The van der Waals surface area contributed by atoms with Gasteiger partial charge in [-0.25, -0.2) is 0 Å². The maximum atomic E-state index is 6.14. The van der Waals surface area contributed by atoms with Crippen molar-refractivity contribution in [3.05, 3.63) is 0 Å². The standard InChI is InChI=1S/C11H22N2S/c1-11(2)8-13(5-3-10(11)12)9-4-6-14-7-9/h9-10H,3-8,12H2,1-2H3. The Morgan fingerprint density at radius 2 is 2.14 bits per heavy atom. The van der Waals surface area contributed by atoms with Crippen LogP contribution >= 0.6 is 11.8 Å². The van der Waals surface area contributed by atoms with Crippen molar-refractivity contribution in [2.24, 2.45) is 11.1 Å². The molecular weight excluding hydrogens is 192 g/mol. The molecule has 0 spiro atoms.